The van der Waals surface area contributed by atoms with Crippen molar-refractivity contribution in [3.63, 3.8) is 0 Å². The fraction of sp³-hybridized carbons (Fsp3) is 0.125. The van der Waals surface area contributed by atoms with E-state index in [-0.39, 0.29) is 11.6 Å². The molecule has 0 aliphatic rings. The lowest BCUT2D eigenvalue weighted by molar-refractivity contribution is -0.384. The monoisotopic (exact) mass is 269 g/mol. The molecular formula is C16H15NO3. The second kappa shape index (κ2) is 6.12. The minimum Gasteiger partial charge on any atom is -0.387 e. The Balaban J connectivity index is 2.27. The zero-order valence-corrected chi connectivity index (χ0v) is 10.8. The van der Waals surface area contributed by atoms with Gasteiger partial charge < -0.3 is 5.11 Å². The quantitative estimate of drug-likeness (QED) is 0.512. The number of nitrogens with zero attached hydrogens (tertiary/aromatic N) is 1. The third-order valence-corrected chi connectivity index (χ3v) is 3.22. The molecule has 0 radical (unpaired) electrons. The van der Waals surface area contributed by atoms with E-state index >= 15 is 0 Å². The minimum atomic E-state index is -0.782. The van der Waals surface area contributed by atoms with Crippen molar-refractivity contribution in [3.05, 3.63) is 88.5 Å². The average molecular weight is 269 g/mol. The molecule has 1 N–H and O–H groups in total. The van der Waals surface area contributed by atoms with Gasteiger partial charge in [0.1, 0.15) is 0 Å². The zero-order valence-electron chi connectivity index (χ0n) is 10.8. The van der Waals surface area contributed by atoms with Crippen LogP contribution in [-0.2, 0) is 0 Å². The van der Waals surface area contributed by atoms with Gasteiger partial charge in [0, 0.05) is 18.1 Å². The van der Waals surface area contributed by atoms with Gasteiger partial charge in [0.2, 0.25) is 0 Å². The third kappa shape index (κ3) is 2.92. The first-order valence-corrected chi connectivity index (χ1v) is 6.23. The van der Waals surface area contributed by atoms with Gasteiger partial charge in [-0.1, -0.05) is 36.4 Å². The number of rotatable bonds is 5. The van der Waals surface area contributed by atoms with Crippen LogP contribution in [0.5, 0.6) is 0 Å². The van der Waals surface area contributed by atoms with Crippen molar-refractivity contribution in [2.45, 2.75) is 12.0 Å². The highest BCUT2D eigenvalue weighted by Gasteiger charge is 2.20. The molecule has 4 nitrogen and oxygen atoms in total. The number of non-ortho nitro benzene ring substituents is 1. The number of nitro benzene ring substituents is 1. The van der Waals surface area contributed by atoms with Crippen molar-refractivity contribution >= 4 is 5.69 Å². The van der Waals surface area contributed by atoms with Gasteiger partial charge >= 0.3 is 0 Å². The summed E-state index contributed by atoms with van der Waals surface area (Å²) in [5.74, 6) is -0.252. The summed E-state index contributed by atoms with van der Waals surface area (Å²) in [5, 5.41) is 21.0. The summed E-state index contributed by atoms with van der Waals surface area (Å²) in [6.07, 6.45) is 0.900. The molecule has 20 heavy (non-hydrogen) atoms. The molecule has 0 fully saturated rings. The van der Waals surface area contributed by atoms with Crippen LogP contribution in [0, 0.1) is 10.1 Å². The Labute approximate surface area is 117 Å². The zero-order chi connectivity index (χ0) is 14.5. The van der Waals surface area contributed by atoms with E-state index in [1.807, 2.05) is 30.3 Å². The maximum atomic E-state index is 10.6. The van der Waals surface area contributed by atoms with E-state index < -0.39 is 11.0 Å². The van der Waals surface area contributed by atoms with E-state index in [4.69, 9.17) is 0 Å². The molecule has 0 heterocycles. The molecule has 102 valence electrons. The lowest BCUT2D eigenvalue weighted by atomic mass is 9.89. The third-order valence-electron chi connectivity index (χ3n) is 3.22. The van der Waals surface area contributed by atoms with E-state index in [9.17, 15) is 15.2 Å². The first-order valence-electron chi connectivity index (χ1n) is 6.23. The molecule has 0 bridgehead atoms. The molecule has 4 heteroatoms. The average Bonchev–Trinajstić information content (AvgIpc) is 2.49. The first-order chi connectivity index (χ1) is 9.63. The van der Waals surface area contributed by atoms with Crippen LogP contribution in [0.3, 0.4) is 0 Å². The molecule has 0 aromatic heterocycles. The number of aliphatic hydroxyl groups is 1. The van der Waals surface area contributed by atoms with Gasteiger partial charge in [-0.05, 0) is 23.3 Å². The molecule has 2 rings (SSSR count). The molecule has 0 spiro atoms. The predicted octanol–water partition coefficient (Wildman–Crippen LogP) is 3.60. The molecule has 2 atom stereocenters. The van der Waals surface area contributed by atoms with Crippen molar-refractivity contribution in [2.75, 3.05) is 0 Å². The maximum absolute atomic E-state index is 10.6. The Kier molecular flexibility index (Phi) is 4.27. The van der Waals surface area contributed by atoms with Gasteiger partial charge in [-0.2, -0.15) is 0 Å². The van der Waals surface area contributed by atoms with E-state index in [2.05, 4.69) is 6.58 Å². The predicted molar refractivity (Wildman–Crippen MR) is 77.4 cm³/mol. The second-order valence-corrected chi connectivity index (χ2v) is 4.47. The van der Waals surface area contributed by atoms with Gasteiger partial charge in [0.15, 0.2) is 0 Å². The number of nitro groups is 1. The Morgan fingerprint density at radius 1 is 1.05 bits per heavy atom. The molecular weight excluding hydrogens is 254 g/mol. The Hall–Kier alpha value is -2.46. The smallest absolute Gasteiger partial charge is 0.269 e. The van der Waals surface area contributed by atoms with E-state index in [0.29, 0.717) is 5.56 Å². The van der Waals surface area contributed by atoms with Crippen LogP contribution in [0.4, 0.5) is 5.69 Å². The van der Waals surface area contributed by atoms with Crippen LogP contribution >= 0.6 is 0 Å². The summed E-state index contributed by atoms with van der Waals surface area (Å²) in [7, 11) is 0. The van der Waals surface area contributed by atoms with Crippen LogP contribution < -0.4 is 0 Å². The SMILES string of the molecule is C=CC(c1ccccc1)C(O)c1ccc([N+](=O)[O-])cc1. The van der Waals surface area contributed by atoms with Crippen LogP contribution in [0.15, 0.2) is 67.3 Å². The van der Waals surface area contributed by atoms with Gasteiger partial charge in [-0.3, -0.25) is 10.1 Å². The molecule has 2 aromatic carbocycles. The summed E-state index contributed by atoms with van der Waals surface area (Å²) in [6, 6.07) is 15.5. The van der Waals surface area contributed by atoms with Gasteiger partial charge in [-0.15, -0.1) is 6.58 Å². The lowest BCUT2D eigenvalue weighted by Gasteiger charge is -2.20. The topological polar surface area (TPSA) is 63.4 Å². The summed E-state index contributed by atoms with van der Waals surface area (Å²) >= 11 is 0. The molecule has 2 unspecified atom stereocenters. The van der Waals surface area contributed by atoms with Gasteiger partial charge in [-0.25, -0.2) is 0 Å². The first kappa shape index (κ1) is 14.0. The second-order valence-electron chi connectivity index (χ2n) is 4.47. The highest BCUT2D eigenvalue weighted by molar-refractivity contribution is 5.36. The fourth-order valence-corrected chi connectivity index (χ4v) is 2.12. The molecule has 0 saturated carbocycles. The Morgan fingerprint density at radius 3 is 2.15 bits per heavy atom. The van der Waals surface area contributed by atoms with E-state index in [1.54, 1.807) is 18.2 Å². The van der Waals surface area contributed by atoms with Crippen LogP contribution in [0.1, 0.15) is 23.1 Å². The lowest BCUT2D eigenvalue weighted by Crippen LogP contribution is -2.08. The Bertz CT molecular complexity index is 593. The fourth-order valence-electron chi connectivity index (χ4n) is 2.12. The largest absolute Gasteiger partial charge is 0.387 e. The number of hydrogen-bond donors (Lipinski definition) is 1. The summed E-state index contributed by atoms with van der Waals surface area (Å²) in [4.78, 5) is 10.2. The molecule has 0 aliphatic carbocycles. The van der Waals surface area contributed by atoms with Crippen LogP contribution in [0.2, 0.25) is 0 Å². The van der Waals surface area contributed by atoms with Crippen molar-refractivity contribution in [3.8, 4) is 0 Å². The molecule has 0 aliphatic heterocycles. The van der Waals surface area contributed by atoms with Crippen molar-refractivity contribution < 1.29 is 10.0 Å². The molecule has 2 aromatic rings. The normalized spacial score (nSPS) is 13.4. The number of aliphatic hydroxyl groups excluding tert-OH is 1. The van der Waals surface area contributed by atoms with E-state index in [1.165, 1.54) is 12.1 Å². The number of hydrogen-bond acceptors (Lipinski definition) is 3. The summed E-state index contributed by atoms with van der Waals surface area (Å²) in [5.41, 5.74) is 1.59. The van der Waals surface area contributed by atoms with Crippen molar-refractivity contribution in [1.82, 2.24) is 0 Å². The van der Waals surface area contributed by atoms with E-state index in [0.717, 1.165) is 5.56 Å². The standard InChI is InChI=1S/C16H15NO3/c1-2-15(12-6-4-3-5-7-12)16(18)13-8-10-14(11-9-13)17(19)20/h2-11,15-16,18H,1H2. The summed E-state index contributed by atoms with van der Waals surface area (Å²) < 4.78 is 0. The molecule has 0 saturated heterocycles. The minimum absolute atomic E-state index is 0.0100. The van der Waals surface area contributed by atoms with Gasteiger partial charge in [0.05, 0.1) is 11.0 Å². The molecule has 0 amide bonds. The highest BCUT2D eigenvalue weighted by Crippen LogP contribution is 2.32. The maximum Gasteiger partial charge on any atom is 0.269 e. The van der Waals surface area contributed by atoms with Gasteiger partial charge in [0.25, 0.3) is 5.69 Å². The van der Waals surface area contributed by atoms with Crippen LogP contribution in [-0.4, -0.2) is 10.0 Å². The highest BCUT2D eigenvalue weighted by atomic mass is 16.6. The van der Waals surface area contributed by atoms with Crippen molar-refractivity contribution in [1.29, 1.82) is 0 Å². The van der Waals surface area contributed by atoms with Crippen molar-refractivity contribution in [2.24, 2.45) is 0 Å². The number of benzene rings is 2. The summed E-state index contributed by atoms with van der Waals surface area (Å²) in [6.45, 7) is 3.76. The van der Waals surface area contributed by atoms with Crippen LogP contribution in [0.25, 0.3) is 0 Å². The Morgan fingerprint density at radius 2 is 1.65 bits per heavy atom.